The molecule has 0 fully saturated rings. The Kier molecular flexibility index (Phi) is 4.16. The summed E-state index contributed by atoms with van der Waals surface area (Å²) in [7, 11) is 1.22. The van der Waals surface area contributed by atoms with Crippen molar-refractivity contribution < 1.29 is 24.2 Å². The van der Waals surface area contributed by atoms with E-state index in [0.29, 0.717) is 11.1 Å². The lowest BCUT2D eigenvalue weighted by atomic mass is 9.98. The van der Waals surface area contributed by atoms with Crippen LogP contribution in [0.3, 0.4) is 0 Å². The first-order chi connectivity index (χ1) is 11.6. The SMILES string of the molecule is COC(=O)/C(=C1/OC(O)=C(c2ccccc2)C1=O)c1ccccc1. The fourth-order valence-electron chi connectivity index (χ4n) is 2.48. The third-order valence-corrected chi connectivity index (χ3v) is 3.59. The molecular weight excluding hydrogens is 308 g/mol. The molecule has 1 heterocycles. The fourth-order valence-corrected chi connectivity index (χ4v) is 2.48. The van der Waals surface area contributed by atoms with Gasteiger partial charge in [-0.25, -0.2) is 4.79 Å². The van der Waals surface area contributed by atoms with Crippen molar-refractivity contribution in [3.05, 3.63) is 83.5 Å². The second kappa shape index (κ2) is 6.42. The van der Waals surface area contributed by atoms with Crippen LogP contribution in [0.25, 0.3) is 11.1 Å². The minimum Gasteiger partial charge on any atom is -0.480 e. The van der Waals surface area contributed by atoms with E-state index in [0.717, 1.165) is 0 Å². The number of aliphatic hydroxyl groups is 1. The van der Waals surface area contributed by atoms with Gasteiger partial charge >= 0.3 is 5.97 Å². The highest BCUT2D eigenvalue weighted by Crippen LogP contribution is 2.35. The van der Waals surface area contributed by atoms with E-state index in [1.807, 2.05) is 0 Å². The van der Waals surface area contributed by atoms with Gasteiger partial charge in [0.05, 0.1) is 7.11 Å². The monoisotopic (exact) mass is 322 g/mol. The number of allylic oxidation sites excluding steroid dienone is 1. The number of carbonyl (C=O) groups is 2. The first-order valence-corrected chi connectivity index (χ1v) is 7.22. The highest BCUT2D eigenvalue weighted by molar-refractivity contribution is 6.36. The van der Waals surface area contributed by atoms with Crippen LogP contribution in [-0.4, -0.2) is 24.0 Å². The Hall–Kier alpha value is -3.34. The maximum Gasteiger partial charge on any atom is 0.342 e. The molecule has 2 aromatic carbocycles. The number of aliphatic hydroxyl groups excluding tert-OH is 1. The molecule has 0 bridgehead atoms. The number of carbonyl (C=O) groups excluding carboxylic acids is 2. The Morgan fingerprint density at radius 1 is 1.00 bits per heavy atom. The maximum absolute atomic E-state index is 12.7. The Balaban J connectivity index is 2.13. The topological polar surface area (TPSA) is 72.8 Å². The summed E-state index contributed by atoms with van der Waals surface area (Å²) in [5, 5.41) is 10.1. The second-order valence-corrected chi connectivity index (χ2v) is 5.04. The molecule has 5 heteroatoms. The zero-order valence-electron chi connectivity index (χ0n) is 12.9. The lowest BCUT2D eigenvalue weighted by Crippen LogP contribution is -2.11. The lowest BCUT2D eigenvalue weighted by molar-refractivity contribution is -0.134. The van der Waals surface area contributed by atoms with E-state index >= 15 is 0 Å². The van der Waals surface area contributed by atoms with E-state index < -0.39 is 17.7 Å². The van der Waals surface area contributed by atoms with Crippen molar-refractivity contribution in [1.82, 2.24) is 0 Å². The van der Waals surface area contributed by atoms with Crippen molar-refractivity contribution in [2.75, 3.05) is 7.11 Å². The summed E-state index contributed by atoms with van der Waals surface area (Å²) in [5.74, 6) is -2.06. The summed E-state index contributed by atoms with van der Waals surface area (Å²) >= 11 is 0. The van der Waals surface area contributed by atoms with Crippen LogP contribution in [0.4, 0.5) is 0 Å². The molecule has 0 atom stereocenters. The third-order valence-electron chi connectivity index (χ3n) is 3.59. The summed E-state index contributed by atoms with van der Waals surface area (Å²) in [5.41, 5.74) is 0.964. The fraction of sp³-hybridized carbons (Fsp3) is 0.0526. The van der Waals surface area contributed by atoms with Gasteiger partial charge in [0.1, 0.15) is 11.1 Å². The van der Waals surface area contributed by atoms with Crippen LogP contribution in [0, 0.1) is 0 Å². The van der Waals surface area contributed by atoms with Crippen molar-refractivity contribution >= 4 is 22.9 Å². The highest BCUT2D eigenvalue weighted by atomic mass is 16.6. The van der Waals surface area contributed by atoms with E-state index in [1.165, 1.54) is 7.11 Å². The Morgan fingerprint density at radius 2 is 1.58 bits per heavy atom. The molecule has 24 heavy (non-hydrogen) atoms. The smallest absolute Gasteiger partial charge is 0.342 e. The van der Waals surface area contributed by atoms with E-state index in [-0.39, 0.29) is 16.9 Å². The van der Waals surface area contributed by atoms with E-state index in [9.17, 15) is 14.7 Å². The molecule has 0 saturated heterocycles. The number of ketones is 1. The molecular formula is C19H14O5. The summed E-state index contributed by atoms with van der Waals surface area (Å²) in [6.45, 7) is 0. The van der Waals surface area contributed by atoms with Gasteiger partial charge in [0.25, 0.3) is 5.95 Å². The molecule has 0 aliphatic carbocycles. The lowest BCUT2D eigenvalue weighted by Gasteiger charge is -2.08. The standard InChI is InChI=1S/C19H14O5/c1-23-18(21)15(13-10-6-3-7-11-13)17-16(20)14(19(22)24-17)12-8-4-2-5-9-12/h2-11,22H,1H3/b17-15+. The first kappa shape index (κ1) is 15.6. The van der Waals surface area contributed by atoms with Gasteiger partial charge in [0.2, 0.25) is 5.78 Å². The van der Waals surface area contributed by atoms with Crippen LogP contribution in [-0.2, 0) is 19.1 Å². The number of hydrogen-bond donors (Lipinski definition) is 1. The molecule has 0 amide bonds. The van der Waals surface area contributed by atoms with Crippen LogP contribution in [0.2, 0.25) is 0 Å². The quantitative estimate of drug-likeness (QED) is 0.694. The number of esters is 1. The van der Waals surface area contributed by atoms with Crippen LogP contribution in [0.5, 0.6) is 0 Å². The Labute approximate surface area is 138 Å². The van der Waals surface area contributed by atoms with Gasteiger partial charge in [0, 0.05) is 0 Å². The summed E-state index contributed by atoms with van der Waals surface area (Å²) in [6.07, 6.45) is 0. The largest absolute Gasteiger partial charge is 0.480 e. The minimum absolute atomic E-state index is 0.0166. The Bertz CT molecular complexity index is 848. The molecule has 1 aliphatic heterocycles. The molecule has 5 nitrogen and oxygen atoms in total. The molecule has 1 N–H and O–H groups in total. The number of benzene rings is 2. The van der Waals surface area contributed by atoms with Crippen molar-refractivity contribution in [2.45, 2.75) is 0 Å². The summed E-state index contributed by atoms with van der Waals surface area (Å²) in [4.78, 5) is 24.9. The molecule has 0 saturated carbocycles. The Morgan fingerprint density at radius 3 is 2.17 bits per heavy atom. The molecule has 0 radical (unpaired) electrons. The number of hydrogen-bond acceptors (Lipinski definition) is 5. The van der Waals surface area contributed by atoms with Crippen molar-refractivity contribution in [1.29, 1.82) is 0 Å². The van der Waals surface area contributed by atoms with Gasteiger partial charge < -0.3 is 14.6 Å². The normalized spacial score (nSPS) is 16.0. The molecule has 0 aromatic heterocycles. The van der Waals surface area contributed by atoms with E-state index in [4.69, 9.17) is 9.47 Å². The van der Waals surface area contributed by atoms with Crippen molar-refractivity contribution in [3.63, 3.8) is 0 Å². The van der Waals surface area contributed by atoms with E-state index in [1.54, 1.807) is 60.7 Å². The van der Waals surface area contributed by atoms with Crippen LogP contribution in [0.15, 0.2) is 72.4 Å². The van der Waals surface area contributed by atoms with Crippen molar-refractivity contribution in [3.8, 4) is 0 Å². The van der Waals surface area contributed by atoms with Gasteiger partial charge in [-0.15, -0.1) is 0 Å². The molecule has 0 unspecified atom stereocenters. The van der Waals surface area contributed by atoms with Gasteiger partial charge in [-0.2, -0.15) is 0 Å². The van der Waals surface area contributed by atoms with Crippen LogP contribution >= 0.6 is 0 Å². The van der Waals surface area contributed by atoms with Gasteiger partial charge in [-0.05, 0) is 11.1 Å². The molecule has 2 aromatic rings. The minimum atomic E-state index is -0.716. The molecule has 1 aliphatic rings. The third kappa shape index (κ3) is 2.67. The van der Waals surface area contributed by atoms with E-state index in [2.05, 4.69) is 0 Å². The average molecular weight is 322 g/mol. The predicted molar refractivity (Wildman–Crippen MR) is 87.5 cm³/mol. The molecule has 0 spiro atoms. The number of ether oxygens (including phenoxy) is 2. The number of rotatable bonds is 3. The van der Waals surface area contributed by atoms with Gasteiger partial charge in [0.15, 0.2) is 5.76 Å². The predicted octanol–water partition coefficient (Wildman–Crippen LogP) is 3.10. The van der Waals surface area contributed by atoms with Gasteiger partial charge in [-0.3, -0.25) is 4.79 Å². The van der Waals surface area contributed by atoms with Crippen LogP contribution < -0.4 is 0 Å². The zero-order chi connectivity index (χ0) is 17.1. The first-order valence-electron chi connectivity index (χ1n) is 7.22. The van der Waals surface area contributed by atoms with Crippen molar-refractivity contribution in [2.24, 2.45) is 0 Å². The summed E-state index contributed by atoms with van der Waals surface area (Å²) < 4.78 is 10.0. The van der Waals surface area contributed by atoms with Crippen LogP contribution in [0.1, 0.15) is 11.1 Å². The second-order valence-electron chi connectivity index (χ2n) is 5.04. The average Bonchev–Trinajstić information content (AvgIpc) is 2.91. The maximum atomic E-state index is 12.7. The highest BCUT2D eigenvalue weighted by Gasteiger charge is 2.36. The number of Topliss-reactive ketones (excluding diaryl/α,β-unsaturated/α-hetero) is 1. The number of methoxy groups -OCH3 is 1. The molecule has 3 rings (SSSR count). The summed E-state index contributed by atoms with van der Waals surface area (Å²) in [6, 6.07) is 17.2. The zero-order valence-corrected chi connectivity index (χ0v) is 12.9. The molecule has 120 valence electrons. The van der Waals surface area contributed by atoms with Gasteiger partial charge in [-0.1, -0.05) is 60.7 Å².